The second-order valence-corrected chi connectivity index (χ2v) is 14.0. The van der Waals surface area contributed by atoms with E-state index in [0.29, 0.717) is 37.3 Å². The van der Waals surface area contributed by atoms with Gasteiger partial charge >= 0.3 is 11.9 Å². The van der Waals surface area contributed by atoms with Crippen molar-refractivity contribution in [2.75, 3.05) is 6.61 Å². The molecule has 5 unspecified atom stereocenters. The largest absolute Gasteiger partial charge is 0.481 e. The normalized spacial score (nSPS) is 20.0. The number of aliphatic hydroxyl groups excluding tert-OH is 2. The molecule has 0 aromatic heterocycles. The van der Waals surface area contributed by atoms with Gasteiger partial charge in [-0.05, 0) is 45.4 Å². The third kappa shape index (κ3) is 34.4. The summed E-state index contributed by atoms with van der Waals surface area (Å²) in [6.07, 6.45) is 34.7. The molecular weight excluding hydrogens is 596 g/mol. The molecule has 8 heteroatoms. The summed E-state index contributed by atoms with van der Waals surface area (Å²) in [5.41, 5.74) is 0. The van der Waals surface area contributed by atoms with E-state index >= 15 is 0 Å². The minimum Gasteiger partial charge on any atom is -0.481 e. The molecule has 2 heterocycles. The number of unbranched alkanes of at least 4 members (excludes halogenated alkanes) is 18. The topological polar surface area (TPSA) is 140 Å². The standard InChI is InChI=1S/2C18H34O3.C3H8O2/c2*1-2-3-4-5-7-10-13-16-17(21-16)14-11-8-6-9-12-15-18(19)20;1-3(5)2-4/h2*16-17H,2-15H2,1H3,(H,19,20);3-5H,2H2,1H3. The summed E-state index contributed by atoms with van der Waals surface area (Å²) >= 11 is 0. The van der Waals surface area contributed by atoms with Crippen molar-refractivity contribution >= 4 is 11.9 Å². The van der Waals surface area contributed by atoms with Gasteiger partial charge in [-0.2, -0.15) is 0 Å². The minimum absolute atomic E-state index is 0.139. The summed E-state index contributed by atoms with van der Waals surface area (Å²) in [6, 6.07) is 0. The number of epoxide rings is 2. The van der Waals surface area contributed by atoms with E-state index in [-0.39, 0.29) is 6.61 Å². The molecule has 0 aromatic rings. The summed E-state index contributed by atoms with van der Waals surface area (Å²) in [5.74, 6) is -1.34. The summed E-state index contributed by atoms with van der Waals surface area (Å²) in [7, 11) is 0. The highest BCUT2D eigenvalue weighted by Gasteiger charge is 2.37. The molecule has 0 bridgehead atoms. The molecule has 0 spiro atoms. The number of aliphatic hydroxyl groups is 2. The molecule has 47 heavy (non-hydrogen) atoms. The average molecular weight is 673 g/mol. The van der Waals surface area contributed by atoms with Gasteiger partial charge in [0.15, 0.2) is 0 Å². The van der Waals surface area contributed by atoms with Gasteiger partial charge in [0.1, 0.15) is 0 Å². The fraction of sp³-hybridized carbons (Fsp3) is 0.949. The lowest BCUT2D eigenvalue weighted by Crippen LogP contribution is -2.03. The number of aliphatic carboxylic acids is 2. The van der Waals surface area contributed by atoms with Gasteiger partial charge < -0.3 is 29.9 Å². The van der Waals surface area contributed by atoms with Gasteiger partial charge in [0.05, 0.1) is 37.1 Å². The van der Waals surface area contributed by atoms with E-state index < -0.39 is 18.0 Å². The zero-order valence-corrected chi connectivity index (χ0v) is 30.8. The molecular formula is C39H76O8. The first kappa shape index (κ1) is 45.8. The van der Waals surface area contributed by atoms with Crippen molar-refractivity contribution in [2.24, 2.45) is 0 Å². The van der Waals surface area contributed by atoms with Crippen LogP contribution in [-0.4, -0.2) is 69.5 Å². The Morgan fingerprint density at radius 2 is 0.723 bits per heavy atom. The average Bonchev–Trinajstić information content (AvgIpc) is 3.97. The second-order valence-electron chi connectivity index (χ2n) is 14.0. The number of carboxylic acids is 2. The smallest absolute Gasteiger partial charge is 0.303 e. The molecule has 2 saturated heterocycles. The molecule has 2 rings (SSSR count). The molecule has 2 fully saturated rings. The Bertz CT molecular complexity index is 646. The quantitative estimate of drug-likeness (QED) is 0.0421. The predicted molar refractivity (Wildman–Crippen MR) is 192 cm³/mol. The van der Waals surface area contributed by atoms with Crippen LogP contribution in [0.2, 0.25) is 0 Å². The first-order valence-corrected chi connectivity index (χ1v) is 19.8. The van der Waals surface area contributed by atoms with Crippen LogP contribution in [0.4, 0.5) is 0 Å². The van der Waals surface area contributed by atoms with E-state index in [9.17, 15) is 9.59 Å². The van der Waals surface area contributed by atoms with Crippen molar-refractivity contribution in [1.29, 1.82) is 0 Å². The maximum atomic E-state index is 10.4. The van der Waals surface area contributed by atoms with E-state index in [0.717, 1.165) is 25.7 Å². The van der Waals surface area contributed by atoms with Gasteiger partial charge in [0.2, 0.25) is 0 Å². The predicted octanol–water partition coefficient (Wildman–Crippen LogP) is 10.00. The van der Waals surface area contributed by atoms with Gasteiger partial charge in [-0.25, -0.2) is 0 Å². The Morgan fingerprint density at radius 3 is 0.957 bits per heavy atom. The first-order chi connectivity index (χ1) is 22.7. The molecule has 280 valence electrons. The molecule has 5 atom stereocenters. The van der Waals surface area contributed by atoms with Crippen LogP contribution in [0.25, 0.3) is 0 Å². The minimum atomic E-state index is -0.668. The highest BCUT2D eigenvalue weighted by Crippen LogP contribution is 2.33. The second kappa shape index (κ2) is 33.3. The first-order valence-electron chi connectivity index (χ1n) is 19.8. The highest BCUT2D eigenvalue weighted by molar-refractivity contribution is 5.66. The molecule has 0 radical (unpaired) electrons. The van der Waals surface area contributed by atoms with E-state index in [4.69, 9.17) is 29.9 Å². The van der Waals surface area contributed by atoms with E-state index in [2.05, 4.69) is 13.8 Å². The van der Waals surface area contributed by atoms with Crippen LogP contribution < -0.4 is 0 Å². The summed E-state index contributed by atoms with van der Waals surface area (Å²) in [6.45, 7) is 5.91. The third-order valence-electron chi connectivity index (χ3n) is 9.08. The Labute approximate surface area is 288 Å². The Balaban J connectivity index is 0.000000787. The number of carboxylic acid groups (broad SMARTS) is 2. The van der Waals surface area contributed by atoms with Gasteiger partial charge in [-0.1, -0.05) is 142 Å². The Morgan fingerprint density at radius 1 is 0.489 bits per heavy atom. The van der Waals surface area contributed by atoms with E-state index in [1.165, 1.54) is 148 Å². The van der Waals surface area contributed by atoms with E-state index in [1.807, 2.05) is 0 Å². The molecule has 4 N–H and O–H groups in total. The number of ether oxygens (including phenoxy) is 2. The molecule has 2 aliphatic rings. The fourth-order valence-corrected chi connectivity index (χ4v) is 5.93. The monoisotopic (exact) mass is 673 g/mol. The highest BCUT2D eigenvalue weighted by atomic mass is 16.6. The van der Waals surface area contributed by atoms with Crippen LogP contribution in [0.15, 0.2) is 0 Å². The lowest BCUT2D eigenvalue weighted by atomic mass is 10.0. The number of hydrogen-bond acceptors (Lipinski definition) is 6. The Hall–Kier alpha value is -1.22. The lowest BCUT2D eigenvalue weighted by Gasteiger charge is -2.00. The number of carbonyl (C=O) groups is 2. The number of hydrogen-bond donors (Lipinski definition) is 4. The van der Waals surface area contributed by atoms with Crippen molar-refractivity contribution in [2.45, 2.75) is 231 Å². The van der Waals surface area contributed by atoms with Gasteiger partial charge in [0.25, 0.3) is 0 Å². The summed E-state index contributed by atoms with van der Waals surface area (Å²) in [5, 5.41) is 33.1. The molecule has 0 amide bonds. The Kier molecular flexibility index (Phi) is 32.4. The molecule has 0 aromatic carbocycles. The van der Waals surface area contributed by atoms with Crippen LogP contribution in [0.3, 0.4) is 0 Å². The van der Waals surface area contributed by atoms with Gasteiger partial charge in [-0.15, -0.1) is 0 Å². The summed E-state index contributed by atoms with van der Waals surface area (Å²) < 4.78 is 11.5. The fourth-order valence-electron chi connectivity index (χ4n) is 5.93. The van der Waals surface area contributed by atoms with Crippen molar-refractivity contribution in [1.82, 2.24) is 0 Å². The number of rotatable bonds is 31. The van der Waals surface area contributed by atoms with Crippen LogP contribution in [0.1, 0.15) is 201 Å². The van der Waals surface area contributed by atoms with Crippen molar-refractivity contribution in [3.63, 3.8) is 0 Å². The summed E-state index contributed by atoms with van der Waals surface area (Å²) in [4.78, 5) is 20.7. The third-order valence-corrected chi connectivity index (χ3v) is 9.08. The van der Waals surface area contributed by atoms with Crippen LogP contribution in [0, 0.1) is 0 Å². The maximum Gasteiger partial charge on any atom is 0.303 e. The van der Waals surface area contributed by atoms with Crippen LogP contribution >= 0.6 is 0 Å². The van der Waals surface area contributed by atoms with Crippen molar-refractivity contribution < 1.29 is 39.5 Å². The maximum absolute atomic E-state index is 10.4. The zero-order chi connectivity index (χ0) is 35.0. The molecule has 2 aliphatic heterocycles. The van der Waals surface area contributed by atoms with Gasteiger partial charge in [-0.3, -0.25) is 9.59 Å². The van der Waals surface area contributed by atoms with Crippen molar-refractivity contribution in [3.05, 3.63) is 0 Å². The SMILES string of the molecule is CC(O)CO.CCCCCCCCC1OC1CCCCCCCC(=O)O.CCCCCCCCC1OC1CCCCCCCC(=O)O. The molecule has 0 aliphatic carbocycles. The van der Waals surface area contributed by atoms with Crippen molar-refractivity contribution in [3.8, 4) is 0 Å². The zero-order valence-electron chi connectivity index (χ0n) is 30.8. The van der Waals surface area contributed by atoms with Crippen LogP contribution in [0.5, 0.6) is 0 Å². The molecule has 8 nitrogen and oxygen atoms in total. The van der Waals surface area contributed by atoms with Gasteiger partial charge in [0, 0.05) is 12.8 Å². The van der Waals surface area contributed by atoms with E-state index in [1.54, 1.807) is 0 Å². The molecule has 0 saturated carbocycles. The van der Waals surface area contributed by atoms with Crippen LogP contribution in [-0.2, 0) is 19.1 Å². The lowest BCUT2D eigenvalue weighted by molar-refractivity contribution is -0.138.